The number of hydrogen-bond acceptors (Lipinski definition) is 6. The summed E-state index contributed by atoms with van der Waals surface area (Å²) in [5.41, 5.74) is 6.05. The van der Waals surface area contributed by atoms with E-state index in [1.165, 1.54) is 10.6 Å². The van der Waals surface area contributed by atoms with Crippen LogP contribution in [-0.4, -0.2) is 34.5 Å². The first-order chi connectivity index (χ1) is 17.1. The maximum atomic E-state index is 14.9. The lowest BCUT2D eigenvalue weighted by Crippen LogP contribution is -2.21. The van der Waals surface area contributed by atoms with Gasteiger partial charge in [-0.05, 0) is 58.4 Å². The monoisotopic (exact) mass is 491 g/mol. The summed E-state index contributed by atoms with van der Waals surface area (Å²) in [5.74, 6) is -0.505. The molecule has 0 radical (unpaired) electrons. The number of allylic oxidation sites excluding steroid dienone is 2. The van der Waals surface area contributed by atoms with Crippen molar-refractivity contribution in [1.29, 1.82) is 0 Å². The van der Waals surface area contributed by atoms with E-state index < -0.39 is 24.2 Å². The van der Waals surface area contributed by atoms with Crippen molar-refractivity contribution < 1.29 is 18.7 Å². The molecule has 0 saturated heterocycles. The fourth-order valence-corrected chi connectivity index (χ4v) is 4.94. The number of aliphatic hydroxyl groups excluding tert-OH is 1. The van der Waals surface area contributed by atoms with Gasteiger partial charge >= 0.3 is 5.76 Å². The molecule has 0 spiro atoms. The number of aromatic nitrogens is 2. The molecule has 188 valence electrons. The number of rotatable bonds is 6. The van der Waals surface area contributed by atoms with E-state index in [0.717, 1.165) is 22.4 Å². The average molecular weight is 492 g/mol. The molecule has 0 amide bonds. The van der Waals surface area contributed by atoms with Crippen LogP contribution in [0.15, 0.2) is 50.1 Å². The van der Waals surface area contributed by atoms with Crippen LogP contribution >= 0.6 is 0 Å². The van der Waals surface area contributed by atoms with Gasteiger partial charge in [0.15, 0.2) is 5.58 Å². The Hall–Kier alpha value is -3.78. The van der Waals surface area contributed by atoms with Crippen LogP contribution in [-0.2, 0) is 6.61 Å². The van der Waals surface area contributed by atoms with Crippen LogP contribution in [0.3, 0.4) is 0 Å². The lowest BCUT2D eigenvalue weighted by Gasteiger charge is -2.19. The number of hydrogen-bond donors (Lipinski definition) is 1. The van der Waals surface area contributed by atoms with Crippen LogP contribution in [0.25, 0.3) is 27.6 Å². The van der Waals surface area contributed by atoms with E-state index in [0.29, 0.717) is 33.3 Å². The molecule has 7 nitrogen and oxygen atoms in total. The summed E-state index contributed by atoms with van der Waals surface area (Å²) in [5, 5.41) is 10.7. The molecule has 2 aromatic heterocycles. The van der Waals surface area contributed by atoms with Crippen molar-refractivity contribution >= 4 is 33.3 Å². The number of benzene rings is 2. The number of methoxy groups -OCH3 is 1. The van der Waals surface area contributed by atoms with Crippen LogP contribution in [0.1, 0.15) is 56.1 Å². The Morgan fingerprint density at radius 1 is 1.28 bits per heavy atom. The molecule has 0 aliphatic heterocycles. The van der Waals surface area contributed by atoms with Crippen LogP contribution in [0.5, 0.6) is 5.75 Å². The summed E-state index contributed by atoms with van der Waals surface area (Å²) in [6.07, 6.45) is 0. The first-order valence-electron chi connectivity index (χ1n) is 11.7. The van der Waals surface area contributed by atoms with E-state index in [1.807, 2.05) is 26.8 Å². The van der Waals surface area contributed by atoms with Crippen molar-refractivity contribution in [2.45, 2.75) is 47.3 Å². The number of pyridine rings is 1. The maximum absolute atomic E-state index is 14.9. The maximum Gasteiger partial charge on any atom is 0.420 e. The number of ether oxygens (including phenoxy) is 1. The minimum absolute atomic E-state index is 0.166. The molecule has 0 fully saturated rings. The number of aryl methyl sites for hydroxylation is 1. The van der Waals surface area contributed by atoms with E-state index in [4.69, 9.17) is 9.15 Å². The van der Waals surface area contributed by atoms with Crippen molar-refractivity contribution in [3.63, 3.8) is 0 Å². The summed E-state index contributed by atoms with van der Waals surface area (Å²) in [6, 6.07) is 7.80. The fraction of sp³-hybridized carbons (Fsp3) is 0.321. The molecule has 0 aliphatic carbocycles. The SMILES string of the molecule is CN=C(C)C(=C(C)C)c1cc2nc(CO)c3oc(=O)n([C@H](C)c4c(C)cccc4F)c3c2cc1OC. The molecule has 0 saturated carbocycles. The third-order valence-electron chi connectivity index (χ3n) is 6.62. The third-order valence-corrected chi connectivity index (χ3v) is 6.62. The van der Waals surface area contributed by atoms with Crippen molar-refractivity contribution in [3.8, 4) is 5.75 Å². The summed E-state index contributed by atoms with van der Waals surface area (Å²) in [6.45, 7) is 9.04. The summed E-state index contributed by atoms with van der Waals surface area (Å²) < 4.78 is 27.7. The molecular weight excluding hydrogens is 461 g/mol. The Morgan fingerprint density at radius 3 is 2.58 bits per heavy atom. The average Bonchev–Trinajstić information content (AvgIpc) is 3.19. The number of nitrogens with zero attached hydrogens (tertiary/aromatic N) is 3. The molecule has 0 unspecified atom stereocenters. The molecule has 1 atom stereocenters. The quantitative estimate of drug-likeness (QED) is 0.356. The molecule has 0 bridgehead atoms. The van der Waals surface area contributed by atoms with Gasteiger partial charge in [-0.25, -0.2) is 14.2 Å². The highest BCUT2D eigenvalue weighted by molar-refractivity contribution is 6.25. The zero-order valence-electron chi connectivity index (χ0n) is 21.6. The molecule has 36 heavy (non-hydrogen) atoms. The molecule has 8 heteroatoms. The third kappa shape index (κ3) is 4.01. The highest BCUT2D eigenvalue weighted by Gasteiger charge is 2.26. The van der Waals surface area contributed by atoms with Gasteiger partial charge in [-0.3, -0.25) is 9.56 Å². The van der Waals surface area contributed by atoms with Crippen molar-refractivity contribution in [2.75, 3.05) is 14.2 Å². The van der Waals surface area contributed by atoms with Crippen LogP contribution in [0, 0.1) is 12.7 Å². The largest absolute Gasteiger partial charge is 0.496 e. The van der Waals surface area contributed by atoms with Crippen LogP contribution in [0.4, 0.5) is 4.39 Å². The predicted octanol–water partition coefficient (Wildman–Crippen LogP) is 5.58. The second-order valence-electron chi connectivity index (χ2n) is 9.03. The second-order valence-corrected chi connectivity index (χ2v) is 9.03. The Balaban J connectivity index is 2.15. The van der Waals surface area contributed by atoms with Gasteiger partial charge in [0.25, 0.3) is 0 Å². The topological polar surface area (TPSA) is 89.9 Å². The lowest BCUT2D eigenvalue weighted by atomic mass is 9.94. The molecule has 2 aromatic carbocycles. The van der Waals surface area contributed by atoms with E-state index in [9.17, 15) is 14.3 Å². The summed E-state index contributed by atoms with van der Waals surface area (Å²) in [4.78, 5) is 22.1. The molecule has 4 rings (SSSR count). The Bertz CT molecular complexity index is 1590. The molecule has 1 N–H and O–H groups in total. The molecular formula is C28H30FN3O4. The normalized spacial score (nSPS) is 12.9. The van der Waals surface area contributed by atoms with E-state index in [2.05, 4.69) is 9.98 Å². The van der Waals surface area contributed by atoms with E-state index in [1.54, 1.807) is 46.2 Å². The van der Waals surface area contributed by atoms with Crippen LogP contribution in [0.2, 0.25) is 0 Å². The molecule has 0 aliphatic rings. The Morgan fingerprint density at radius 2 is 2.00 bits per heavy atom. The minimum atomic E-state index is -0.675. The first-order valence-corrected chi connectivity index (χ1v) is 11.7. The Kier molecular flexibility index (Phi) is 6.82. The van der Waals surface area contributed by atoms with E-state index in [-0.39, 0.29) is 11.3 Å². The van der Waals surface area contributed by atoms with Crippen molar-refractivity contribution in [2.24, 2.45) is 4.99 Å². The van der Waals surface area contributed by atoms with Gasteiger partial charge in [-0.1, -0.05) is 17.7 Å². The zero-order valence-corrected chi connectivity index (χ0v) is 21.6. The van der Waals surface area contributed by atoms with Gasteiger partial charge in [-0.2, -0.15) is 0 Å². The molecule has 4 aromatic rings. The van der Waals surface area contributed by atoms with Crippen molar-refractivity contribution in [3.05, 3.63) is 74.7 Å². The predicted molar refractivity (Wildman–Crippen MR) is 141 cm³/mol. The lowest BCUT2D eigenvalue weighted by molar-refractivity contribution is 0.277. The van der Waals surface area contributed by atoms with Gasteiger partial charge in [0.05, 0.1) is 25.3 Å². The smallest absolute Gasteiger partial charge is 0.420 e. The van der Waals surface area contributed by atoms with Gasteiger partial charge < -0.3 is 14.3 Å². The number of aliphatic hydroxyl groups is 1. The molecule has 2 heterocycles. The fourth-order valence-electron chi connectivity index (χ4n) is 4.94. The van der Waals surface area contributed by atoms with E-state index >= 15 is 0 Å². The van der Waals surface area contributed by atoms with Crippen LogP contribution < -0.4 is 10.5 Å². The highest BCUT2D eigenvalue weighted by Crippen LogP contribution is 2.38. The van der Waals surface area contributed by atoms with Gasteiger partial charge in [0.2, 0.25) is 0 Å². The summed E-state index contributed by atoms with van der Waals surface area (Å²) >= 11 is 0. The number of oxazole rings is 1. The number of aliphatic imine (C=N–C) groups is 1. The first kappa shape index (κ1) is 25.3. The second kappa shape index (κ2) is 9.70. The standard InChI is InChI=1S/C28H30FN3O4/c1-14(2)24(16(4)30-6)19-11-21-18(12-23(19)35-7)26-27(22(13-33)31-21)36-28(34)32(26)17(5)25-15(3)9-8-10-20(25)29/h8-12,17,33H,13H2,1-7H3/t17-/m1/s1. The minimum Gasteiger partial charge on any atom is -0.496 e. The zero-order chi connectivity index (χ0) is 26.3. The van der Waals surface area contributed by atoms with Gasteiger partial charge in [0.1, 0.15) is 22.8 Å². The number of halogens is 1. The van der Waals surface area contributed by atoms with Crippen molar-refractivity contribution in [1.82, 2.24) is 9.55 Å². The highest BCUT2D eigenvalue weighted by atomic mass is 19.1. The van der Waals surface area contributed by atoms with Gasteiger partial charge in [-0.15, -0.1) is 0 Å². The Labute approximate surface area is 208 Å². The summed E-state index contributed by atoms with van der Waals surface area (Å²) in [7, 11) is 3.31. The number of fused-ring (bicyclic) bond motifs is 3. The van der Waals surface area contributed by atoms with Gasteiger partial charge in [0, 0.05) is 34.8 Å².